The molecule has 24 heavy (non-hydrogen) atoms. The van der Waals surface area contributed by atoms with Gasteiger partial charge in [-0.25, -0.2) is 4.68 Å². The average molecular weight is 319 g/mol. The van der Waals surface area contributed by atoms with Crippen molar-refractivity contribution in [2.45, 2.75) is 18.9 Å². The van der Waals surface area contributed by atoms with Crippen LogP contribution in [-0.4, -0.2) is 37.3 Å². The fourth-order valence-electron chi connectivity index (χ4n) is 3.15. The Kier molecular flexibility index (Phi) is 3.78. The smallest absolute Gasteiger partial charge is 0.276 e. The van der Waals surface area contributed by atoms with Crippen molar-refractivity contribution in [3.63, 3.8) is 0 Å². The predicted octanol–water partition coefficient (Wildman–Crippen LogP) is 2.64. The van der Waals surface area contributed by atoms with Crippen molar-refractivity contribution >= 4 is 5.91 Å². The summed E-state index contributed by atoms with van der Waals surface area (Å²) in [6, 6.07) is 13.6. The first-order chi connectivity index (χ1) is 11.8. The molecule has 4 rings (SSSR count). The lowest BCUT2D eigenvalue weighted by atomic mass is 10.1. The number of rotatable bonds is 3. The van der Waals surface area contributed by atoms with Crippen LogP contribution in [-0.2, 0) is 0 Å². The number of benzene rings is 1. The number of aromatic nitrogens is 4. The molecule has 0 bridgehead atoms. The highest BCUT2D eigenvalue weighted by Gasteiger charge is 2.32. The first-order valence-electron chi connectivity index (χ1n) is 8.01. The van der Waals surface area contributed by atoms with Crippen LogP contribution in [0.1, 0.15) is 34.9 Å². The summed E-state index contributed by atoms with van der Waals surface area (Å²) in [7, 11) is 0. The molecule has 1 aromatic carbocycles. The van der Waals surface area contributed by atoms with Crippen molar-refractivity contribution in [2.24, 2.45) is 0 Å². The number of hydrogen-bond donors (Lipinski definition) is 0. The minimum Gasteiger partial charge on any atom is -0.330 e. The minimum absolute atomic E-state index is 0.0630. The van der Waals surface area contributed by atoms with E-state index >= 15 is 0 Å². The van der Waals surface area contributed by atoms with Gasteiger partial charge in [0, 0.05) is 18.9 Å². The molecule has 0 saturated carbocycles. The Labute approximate surface area is 139 Å². The van der Waals surface area contributed by atoms with Gasteiger partial charge < -0.3 is 4.90 Å². The lowest BCUT2D eigenvalue weighted by Gasteiger charge is -2.23. The number of hydrogen-bond acceptors (Lipinski definition) is 4. The number of para-hydroxylation sites is 1. The average Bonchev–Trinajstić information content (AvgIpc) is 3.32. The Hall–Kier alpha value is -3.02. The highest BCUT2D eigenvalue weighted by molar-refractivity contribution is 5.92. The van der Waals surface area contributed by atoms with E-state index in [0.717, 1.165) is 30.6 Å². The summed E-state index contributed by atoms with van der Waals surface area (Å²) in [6.45, 7) is 0.733. The van der Waals surface area contributed by atoms with Crippen LogP contribution in [0.2, 0.25) is 0 Å². The van der Waals surface area contributed by atoms with Crippen LogP contribution in [0.4, 0.5) is 0 Å². The van der Waals surface area contributed by atoms with Gasteiger partial charge in [-0.1, -0.05) is 29.5 Å². The zero-order chi connectivity index (χ0) is 16.4. The van der Waals surface area contributed by atoms with Crippen molar-refractivity contribution in [3.05, 3.63) is 72.3 Å². The van der Waals surface area contributed by atoms with Crippen molar-refractivity contribution in [1.82, 2.24) is 24.9 Å². The molecule has 1 saturated heterocycles. The van der Waals surface area contributed by atoms with Gasteiger partial charge in [-0.15, -0.1) is 5.10 Å². The Morgan fingerprint density at radius 2 is 2.00 bits per heavy atom. The third-order valence-electron chi connectivity index (χ3n) is 4.32. The second kappa shape index (κ2) is 6.23. The quantitative estimate of drug-likeness (QED) is 0.744. The maximum Gasteiger partial charge on any atom is 0.276 e. The monoisotopic (exact) mass is 319 g/mol. The molecule has 0 unspecified atom stereocenters. The zero-order valence-electron chi connectivity index (χ0n) is 13.1. The Morgan fingerprint density at radius 1 is 1.12 bits per heavy atom. The van der Waals surface area contributed by atoms with Crippen LogP contribution in [0.5, 0.6) is 0 Å². The van der Waals surface area contributed by atoms with Gasteiger partial charge in [0.25, 0.3) is 5.91 Å². The number of amides is 1. The normalized spacial score (nSPS) is 17.2. The van der Waals surface area contributed by atoms with Gasteiger partial charge in [-0.2, -0.15) is 0 Å². The van der Waals surface area contributed by atoms with E-state index in [2.05, 4.69) is 15.3 Å². The van der Waals surface area contributed by atoms with Gasteiger partial charge in [0.05, 0.1) is 17.9 Å². The van der Waals surface area contributed by atoms with E-state index in [1.807, 2.05) is 53.6 Å². The van der Waals surface area contributed by atoms with Gasteiger partial charge >= 0.3 is 0 Å². The molecule has 1 amide bonds. The van der Waals surface area contributed by atoms with E-state index in [9.17, 15) is 4.79 Å². The maximum absolute atomic E-state index is 12.9. The molecule has 2 aromatic heterocycles. The molecule has 1 aliphatic heterocycles. The molecule has 6 nitrogen and oxygen atoms in total. The van der Waals surface area contributed by atoms with Crippen LogP contribution in [0.25, 0.3) is 5.69 Å². The fourth-order valence-corrected chi connectivity index (χ4v) is 3.15. The molecule has 3 aromatic rings. The van der Waals surface area contributed by atoms with Gasteiger partial charge in [-0.05, 0) is 36.6 Å². The summed E-state index contributed by atoms with van der Waals surface area (Å²) in [4.78, 5) is 18.9. The van der Waals surface area contributed by atoms with E-state index in [0.29, 0.717) is 5.69 Å². The number of carbonyl (C=O) groups excluding carboxylic acids is 1. The van der Waals surface area contributed by atoms with Gasteiger partial charge in [0.15, 0.2) is 5.69 Å². The van der Waals surface area contributed by atoms with E-state index in [-0.39, 0.29) is 11.9 Å². The number of nitrogens with zero attached hydrogens (tertiary/aromatic N) is 5. The van der Waals surface area contributed by atoms with Crippen molar-refractivity contribution < 1.29 is 4.79 Å². The van der Waals surface area contributed by atoms with Gasteiger partial charge in [0.2, 0.25) is 0 Å². The van der Waals surface area contributed by atoms with Gasteiger partial charge in [0.1, 0.15) is 0 Å². The molecule has 3 heterocycles. The fraction of sp³-hybridized carbons (Fsp3) is 0.222. The van der Waals surface area contributed by atoms with Crippen LogP contribution < -0.4 is 0 Å². The first-order valence-corrected chi connectivity index (χ1v) is 8.01. The maximum atomic E-state index is 12.9. The van der Waals surface area contributed by atoms with Crippen molar-refractivity contribution in [1.29, 1.82) is 0 Å². The highest BCUT2D eigenvalue weighted by atomic mass is 16.2. The molecule has 1 atom stereocenters. The molecule has 1 fully saturated rings. The first kappa shape index (κ1) is 14.6. The summed E-state index contributed by atoms with van der Waals surface area (Å²) in [5.74, 6) is -0.0801. The zero-order valence-corrected chi connectivity index (χ0v) is 13.1. The van der Waals surface area contributed by atoms with Crippen LogP contribution in [0.15, 0.2) is 61.1 Å². The molecule has 0 radical (unpaired) electrons. The Balaban J connectivity index is 1.58. The summed E-state index contributed by atoms with van der Waals surface area (Å²) < 4.78 is 1.63. The van der Waals surface area contributed by atoms with Crippen LogP contribution in [0, 0.1) is 0 Å². The Morgan fingerprint density at radius 3 is 2.79 bits per heavy atom. The highest BCUT2D eigenvalue weighted by Crippen LogP contribution is 2.32. The molecular formula is C18H17N5O. The second-order valence-corrected chi connectivity index (χ2v) is 5.83. The van der Waals surface area contributed by atoms with Crippen LogP contribution in [0.3, 0.4) is 0 Å². The molecule has 1 aliphatic rings. The standard InChI is InChI=1S/C18H17N5O/c24-18(16-13-23(21-20-16)15-7-2-1-3-8-15)22-11-5-9-17(22)14-6-4-10-19-12-14/h1-4,6-8,10,12-13,17H,5,9,11H2/t17-/m1/s1. The summed E-state index contributed by atoms with van der Waals surface area (Å²) >= 11 is 0. The van der Waals surface area contributed by atoms with E-state index < -0.39 is 0 Å². The lowest BCUT2D eigenvalue weighted by molar-refractivity contribution is 0.0729. The number of carbonyl (C=O) groups is 1. The summed E-state index contributed by atoms with van der Waals surface area (Å²) in [6.07, 6.45) is 7.20. The largest absolute Gasteiger partial charge is 0.330 e. The lowest BCUT2D eigenvalue weighted by Crippen LogP contribution is -2.30. The third-order valence-corrected chi connectivity index (χ3v) is 4.32. The van der Waals surface area contributed by atoms with Gasteiger partial charge in [-0.3, -0.25) is 9.78 Å². The summed E-state index contributed by atoms with van der Waals surface area (Å²) in [5.41, 5.74) is 2.32. The number of pyridine rings is 1. The van der Waals surface area contributed by atoms with E-state index in [1.54, 1.807) is 17.1 Å². The van der Waals surface area contributed by atoms with Crippen molar-refractivity contribution in [2.75, 3.05) is 6.54 Å². The van der Waals surface area contributed by atoms with E-state index in [4.69, 9.17) is 0 Å². The molecule has 6 heteroatoms. The number of likely N-dealkylation sites (tertiary alicyclic amines) is 1. The molecule has 0 spiro atoms. The van der Waals surface area contributed by atoms with E-state index in [1.165, 1.54) is 0 Å². The SMILES string of the molecule is O=C(c1cn(-c2ccccc2)nn1)N1CCC[C@@H]1c1cccnc1. The van der Waals surface area contributed by atoms with Crippen LogP contribution >= 0.6 is 0 Å². The Bertz CT molecular complexity index is 831. The molecule has 0 aliphatic carbocycles. The summed E-state index contributed by atoms with van der Waals surface area (Å²) in [5, 5.41) is 8.15. The molecule has 120 valence electrons. The minimum atomic E-state index is -0.0801. The topological polar surface area (TPSA) is 63.9 Å². The second-order valence-electron chi connectivity index (χ2n) is 5.83. The predicted molar refractivity (Wildman–Crippen MR) is 88.6 cm³/mol. The molecule has 0 N–H and O–H groups in total. The van der Waals surface area contributed by atoms with Crippen molar-refractivity contribution in [3.8, 4) is 5.69 Å². The third kappa shape index (κ3) is 2.67. The molecular weight excluding hydrogens is 302 g/mol.